The van der Waals surface area contributed by atoms with Gasteiger partial charge >= 0.3 is 5.97 Å². The highest BCUT2D eigenvalue weighted by atomic mass is 16.5. The molecule has 0 aliphatic carbocycles. The van der Waals surface area contributed by atoms with Crippen LogP contribution in [0.15, 0.2) is 24.3 Å². The van der Waals surface area contributed by atoms with E-state index in [1.54, 1.807) is 7.11 Å². The van der Waals surface area contributed by atoms with E-state index in [2.05, 4.69) is 0 Å². The van der Waals surface area contributed by atoms with Gasteiger partial charge in [0, 0.05) is 6.42 Å². The third-order valence-electron chi connectivity index (χ3n) is 2.92. The van der Waals surface area contributed by atoms with Crippen LogP contribution in [-0.4, -0.2) is 19.6 Å². The molecule has 0 amide bonds. The highest BCUT2D eigenvalue weighted by Gasteiger charge is 2.11. The maximum absolute atomic E-state index is 11.6. The summed E-state index contributed by atoms with van der Waals surface area (Å²) in [5.74, 6) is 0.816. The van der Waals surface area contributed by atoms with Gasteiger partial charge in [0.2, 0.25) is 0 Å². The topological polar surface area (TPSA) is 61.6 Å². The van der Waals surface area contributed by atoms with Crippen LogP contribution in [0.5, 0.6) is 5.75 Å². The number of ether oxygens (including phenoxy) is 2. The molecule has 2 N–H and O–H groups in total. The summed E-state index contributed by atoms with van der Waals surface area (Å²) in [6, 6.07) is 7.45. The third kappa shape index (κ3) is 4.75. The van der Waals surface area contributed by atoms with Crippen molar-refractivity contribution in [2.75, 3.05) is 13.7 Å². The van der Waals surface area contributed by atoms with Crippen LogP contribution in [0.4, 0.5) is 0 Å². The molecule has 0 saturated heterocycles. The summed E-state index contributed by atoms with van der Waals surface area (Å²) in [6.45, 7) is 2.84. The van der Waals surface area contributed by atoms with Crippen LogP contribution in [-0.2, 0) is 16.1 Å². The van der Waals surface area contributed by atoms with Gasteiger partial charge in [0.05, 0.1) is 7.11 Å². The number of hydrogen-bond donors (Lipinski definition) is 1. The maximum atomic E-state index is 11.6. The molecule has 1 aromatic rings. The van der Waals surface area contributed by atoms with E-state index in [4.69, 9.17) is 15.2 Å². The van der Waals surface area contributed by atoms with E-state index in [1.807, 2.05) is 31.2 Å². The van der Waals surface area contributed by atoms with Crippen LogP contribution >= 0.6 is 0 Å². The van der Waals surface area contributed by atoms with Gasteiger partial charge in [0.1, 0.15) is 12.4 Å². The SMILES string of the molecule is CCC(CN)CC(=O)OCc1ccc(OC)cc1. The minimum atomic E-state index is -0.192. The minimum absolute atomic E-state index is 0.192. The first kappa shape index (κ1) is 14.5. The summed E-state index contributed by atoms with van der Waals surface area (Å²) >= 11 is 0. The van der Waals surface area contributed by atoms with Gasteiger partial charge in [-0.15, -0.1) is 0 Å². The van der Waals surface area contributed by atoms with Crippen LogP contribution in [0.25, 0.3) is 0 Å². The fourth-order valence-electron chi connectivity index (χ4n) is 1.57. The van der Waals surface area contributed by atoms with Gasteiger partial charge in [-0.05, 0) is 30.2 Å². The Bertz CT molecular complexity index is 358. The standard InChI is InChI=1S/C14H21NO3/c1-3-11(9-15)8-14(16)18-10-12-4-6-13(17-2)7-5-12/h4-7,11H,3,8-10,15H2,1-2H3. The van der Waals surface area contributed by atoms with Crippen molar-refractivity contribution in [1.82, 2.24) is 0 Å². The highest BCUT2D eigenvalue weighted by molar-refractivity contribution is 5.69. The molecule has 0 aliphatic heterocycles. The molecule has 0 heterocycles. The third-order valence-corrected chi connectivity index (χ3v) is 2.92. The van der Waals surface area contributed by atoms with Crippen LogP contribution in [0.2, 0.25) is 0 Å². The van der Waals surface area contributed by atoms with Gasteiger partial charge in [-0.2, -0.15) is 0 Å². The molecule has 0 aromatic heterocycles. The Hall–Kier alpha value is -1.55. The largest absolute Gasteiger partial charge is 0.497 e. The van der Waals surface area contributed by atoms with E-state index in [0.717, 1.165) is 17.7 Å². The molecule has 0 saturated carbocycles. The monoisotopic (exact) mass is 251 g/mol. The Morgan fingerprint density at radius 2 is 2.00 bits per heavy atom. The zero-order valence-corrected chi connectivity index (χ0v) is 11.0. The van der Waals surface area contributed by atoms with Crippen LogP contribution in [0.1, 0.15) is 25.3 Å². The number of nitrogens with two attached hydrogens (primary N) is 1. The van der Waals surface area contributed by atoms with E-state index in [1.165, 1.54) is 0 Å². The van der Waals surface area contributed by atoms with Crippen LogP contribution in [0, 0.1) is 5.92 Å². The average Bonchev–Trinajstić information content (AvgIpc) is 2.43. The van der Waals surface area contributed by atoms with E-state index in [-0.39, 0.29) is 11.9 Å². The predicted molar refractivity (Wildman–Crippen MR) is 70.2 cm³/mol. The number of carbonyl (C=O) groups excluding carboxylic acids is 1. The van der Waals surface area contributed by atoms with Gasteiger partial charge in [-0.25, -0.2) is 0 Å². The van der Waals surface area contributed by atoms with Crippen molar-refractivity contribution in [3.05, 3.63) is 29.8 Å². The molecular formula is C14H21NO3. The van der Waals surface area contributed by atoms with E-state index in [0.29, 0.717) is 19.6 Å². The second-order valence-electron chi connectivity index (χ2n) is 4.22. The molecule has 0 bridgehead atoms. The van der Waals surface area contributed by atoms with Crippen molar-refractivity contribution >= 4 is 5.97 Å². The number of methoxy groups -OCH3 is 1. The summed E-state index contributed by atoms with van der Waals surface area (Å²) in [4.78, 5) is 11.6. The van der Waals surface area contributed by atoms with E-state index in [9.17, 15) is 4.79 Å². The Labute approximate surface area is 108 Å². The molecule has 18 heavy (non-hydrogen) atoms. The molecule has 0 aliphatic rings. The Morgan fingerprint density at radius 3 is 2.50 bits per heavy atom. The molecule has 1 unspecified atom stereocenters. The lowest BCUT2D eigenvalue weighted by Gasteiger charge is -2.11. The van der Waals surface area contributed by atoms with Gasteiger partial charge in [0.15, 0.2) is 0 Å². The molecule has 4 heteroatoms. The lowest BCUT2D eigenvalue weighted by molar-refractivity contribution is -0.146. The smallest absolute Gasteiger partial charge is 0.306 e. The second-order valence-corrected chi connectivity index (χ2v) is 4.22. The first-order valence-electron chi connectivity index (χ1n) is 6.18. The Morgan fingerprint density at radius 1 is 1.33 bits per heavy atom. The number of carbonyl (C=O) groups is 1. The zero-order valence-electron chi connectivity index (χ0n) is 11.0. The van der Waals surface area contributed by atoms with Crippen molar-refractivity contribution in [3.8, 4) is 5.75 Å². The molecule has 0 spiro atoms. The molecule has 1 rings (SSSR count). The summed E-state index contributed by atoms with van der Waals surface area (Å²) in [5, 5.41) is 0. The normalized spacial score (nSPS) is 11.9. The first-order chi connectivity index (χ1) is 8.69. The zero-order chi connectivity index (χ0) is 13.4. The van der Waals surface area contributed by atoms with Crippen molar-refractivity contribution in [2.45, 2.75) is 26.4 Å². The lowest BCUT2D eigenvalue weighted by Crippen LogP contribution is -2.18. The van der Waals surface area contributed by atoms with Gasteiger partial charge < -0.3 is 15.2 Å². The number of esters is 1. The van der Waals surface area contributed by atoms with Gasteiger partial charge in [-0.3, -0.25) is 4.79 Å². The number of benzene rings is 1. The first-order valence-corrected chi connectivity index (χ1v) is 6.18. The van der Waals surface area contributed by atoms with Gasteiger partial charge in [0.25, 0.3) is 0 Å². The predicted octanol–water partition coefficient (Wildman–Crippen LogP) is 2.11. The summed E-state index contributed by atoms with van der Waals surface area (Å²) in [7, 11) is 1.62. The van der Waals surface area contributed by atoms with Gasteiger partial charge in [-0.1, -0.05) is 25.5 Å². The highest BCUT2D eigenvalue weighted by Crippen LogP contribution is 2.13. The molecule has 4 nitrogen and oxygen atoms in total. The number of rotatable bonds is 7. The summed E-state index contributed by atoms with van der Waals surface area (Å²) in [5.41, 5.74) is 6.50. The Kier molecular flexibility index (Phi) is 6.22. The molecule has 100 valence electrons. The minimum Gasteiger partial charge on any atom is -0.497 e. The fraction of sp³-hybridized carbons (Fsp3) is 0.500. The molecule has 0 fully saturated rings. The molecule has 1 atom stereocenters. The van der Waals surface area contributed by atoms with Crippen LogP contribution < -0.4 is 10.5 Å². The van der Waals surface area contributed by atoms with Crippen molar-refractivity contribution in [1.29, 1.82) is 0 Å². The molecular weight excluding hydrogens is 230 g/mol. The molecule has 1 aromatic carbocycles. The Balaban J connectivity index is 2.37. The summed E-state index contributed by atoms with van der Waals surface area (Å²) in [6.07, 6.45) is 1.29. The van der Waals surface area contributed by atoms with Crippen molar-refractivity contribution in [3.63, 3.8) is 0 Å². The van der Waals surface area contributed by atoms with Crippen molar-refractivity contribution in [2.24, 2.45) is 11.7 Å². The second kappa shape index (κ2) is 7.71. The van der Waals surface area contributed by atoms with E-state index < -0.39 is 0 Å². The number of hydrogen-bond acceptors (Lipinski definition) is 4. The maximum Gasteiger partial charge on any atom is 0.306 e. The quantitative estimate of drug-likeness (QED) is 0.754. The van der Waals surface area contributed by atoms with Crippen LogP contribution in [0.3, 0.4) is 0 Å². The van der Waals surface area contributed by atoms with Crippen molar-refractivity contribution < 1.29 is 14.3 Å². The lowest BCUT2D eigenvalue weighted by atomic mass is 10.0. The fourth-order valence-corrected chi connectivity index (χ4v) is 1.57. The van der Waals surface area contributed by atoms with E-state index >= 15 is 0 Å². The molecule has 0 radical (unpaired) electrons. The average molecular weight is 251 g/mol. The summed E-state index contributed by atoms with van der Waals surface area (Å²) < 4.78 is 10.3.